The van der Waals surface area contributed by atoms with Crippen molar-refractivity contribution in [3.63, 3.8) is 0 Å². The van der Waals surface area contributed by atoms with Gasteiger partial charge in [0.1, 0.15) is 6.61 Å². The Labute approximate surface area is 124 Å². The zero-order valence-electron chi connectivity index (χ0n) is 11.7. The summed E-state index contributed by atoms with van der Waals surface area (Å²) in [6.45, 7) is 3.21. The summed E-state index contributed by atoms with van der Waals surface area (Å²) < 4.78 is 10.9. The van der Waals surface area contributed by atoms with Gasteiger partial charge in [-0.25, -0.2) is 0 Å². The Morgan fingerprint density at radius 2 is 1.85 bits per heavy atom. The third kappa shape index (κ3) is 3.81. The number of aryl methyl sites for hydroxylation is 1. The molecule has 0 heterocycles. The molecule has 2 aromatic carbocycles. The second-order valence-corrected chi connectivity index (χ2v) is 4.82. The maximum atomic E-state index is 6.15. The summed E-state index contributed by atoms with van der Waals surface area (Å²) in [5.41, 5.74) is 2.06. The van der Waals surface area contributed by atoms with Crippen LogP contribution in [0.1, 0.15) is 5.56 Å². The lowest BCUT2D eigenvalue weighted by molar-refractivity contribution is 0.306. The smallest absolute Gasteiger partial charge is 0.161 e. The molecule has 4 heteroatoms. The van der Waals surface area contributed by atoms with Crippen LogP contribution in [0.2, 0.25) is 5.02 Å². The van der Waals surface area contributed by atoms with Gasteiger partial charge in [0, 0.05) is 6.54 Å². The highest BCUT2D eigenvalue weighted by atomic mass is 35.5. The average molecular weight is 292 g/mol. The topological polar surface area (TPSA) is 30.5 Å². The van der Waals surface area contributed by atoms with Gasteiger partial charge < -0.3 is 14.8 Å². The Bertz CT molecular complexity index is 572. The molecule has 20 heavy (non-hydrogen) atoms. The molecule has 0 saturated carbocycles. The third-order valence-corrected chi connectivity index (χ3v) is 3.18. The number of para-hydroxylation sites is 2. The summed E-state index contributed by atoms with van der Waals surface area (Å²) in [6.07, 6.45) is 0. The second-order valence-electron chi connectivity index (χ2n) is 4.41. The van der Waals surface area contributed by atoms with E-state index in [-0.39, 0.29) is 0 Å². The third-order valence-electron chi connectivity index (χ3n) is 2.87. The molecule has 2 rings (SSSR count). The van der Waals surface area contributed by atoms with Crippen molar-refractivity contribution in [2.75, 3.05) is 25.6 Å². The number of benzene rings is 2. The molecule has 0 aromatic heterocycles. The predicted octanol–water partition coefficient (Wildman–Crippen LogP) is 4.15. The lowest BCUT2D eigenvalue weighted by Crippen LogP contribution is -2.12. The fourth-order valence-corrected chi connectivity index (χ4v) is 2.15. The van der Waals surface area contributed by atoms with E-state index >= 15 is 0 Å². The van der Waals surface area contributed by atoms with Crippen LogP contribution in [0.25, 0.3) is 0 Å². The number of halogens is 1. The summed E-state index contributed by atoms with van der Waals surface area (Å²) >= 11 is 6.15. The van der Waals surface area contributed by atoms with Gasteiger partial charge in [0.15, 0.2) is 11.5 Å². The highest BCUT2D eigenvalue weighted by Crippen LogP contribution is 2.26. The van der Waals surface area contributed by atoms with Gasteiger partial charge in [0.25, 0.3) is 0 Å². The lowest BCUT2D eigenvalue weighted by Gasteiger charge is -2.12. The zero-order chi connectivity index (χ0) is 14.4. The van der Waals surface area contributed by atoms with Crippen LogP contribution in [0.15, 0.2) is 42.5 Å². The van der Waals surface area contributed by atoms with Crippen LogP contribution in [0.4, 0.5) is 5.69 Å². The number of nitrogens with one attached hydrogen (secondary N) is 1. The first-order chi connectivity index (χ1) is 9.70. The van der Waals surface area contributed by atoms with E-state index in [0.29, 0.717) is 13.2 Å². The predicted molar refractivity (Wildman–Crippen MR) is 83.2 cm³/mol. The molecule has 0 bridgehead atoms. The Hall–Kier alpha value is -1.87. The molecule has 0 aliphatic rings. The SMILES string of the molecule is COc1ccccc1OCCNc1ccc(C)cc1Cl. The van der Waals surface area contributed by atoms with E-state index < -0.39 is 0 Å². The number of anilines is 1. The molecule has 0 fully saturated rings. The van der Waals surface area contributed by atoms with E-state index in [9.17, 15) is 0 Å². The first-order valence-electron chi connectivity index (χ1n) is 6.46. The Kier molecular flexibility index (Phi) is 5.13. The van der Waals surface area contributed by atoms with E-state index in [2.05, 4.69) is 5.32 Å². The lowest BCUT2D eigenvalue weighted by atomic mass is 10.2. The monoisotopic (exact) mass is 291 g/mol. The average Bonchev–Trinajstić information content (AvgIpc) is 2.46. The van der Waals surface area contributed by atoms with Crippen LogP contribution in [0, 0.1) is 6.92 Å². The number of hydrogen-bond acceptors (Lipinski definition) is 3. The van der Waals surface area contributed by atoms with Crippen molar-refractivity contribution in [2.24, 2.45) is 0 Å². The molecule has 0 amide bonds. The van der Waals surface area contributed by atoms with E-state index in [4.69, 9.17) is 21.1 Å². The maximum absolute atomic E-state index is 6.15. The van der Waals surface area contributed by atoms with Gasteiger partial charge in [0.05, 0.1) is 17.8 Å². The van der Waals surface area contributed by atoms with Crippen molar-refractivity contribution >= 4 is 17.3 Å². The minimum atomic E-state index is 0.532. The molecular formula is C16H18ClNO2. The summed E-state index contributed by atoms with van der Waals surface area (Å²) in [6, 6.07) is 13.5. The van der Waals surface area contributed by atoms with Gasteiger partial charge in [-0.15, -0.1) is 0 Å². The molecule has 0 radical (unpaired) electrons. The van der Waals surface area contributed by atoms with Crippen molar-refractivity contribution in [3.05, 3.63) is 53.1 Å². The van der Waals surface area contributed by atoms with Crippen molar-refractivity contribution < 1.29 is 9.47 Å². The van der Waals surface area contributed by atoms with Crippen LogP contribution >= 0.6 is 11.6 Å². The van der Waals surface area contributed by atoms with Gasteiger partial charge in [0.2, 0.25) is 0 Å². The van der Waals surface area contributed by atoms with Crippen molar-refractivity contribution in [2.45, 2.75) is 6.92 Å². The van der Waals surface area contributed by atoms with Crippen LogP contribution < -0.4 is 14.8 Å². The Morgan fingerprint density at radius 1 is 1.10 bits per heavy atom. The molecule has 0 spiro atoms. The molecular weight excluding hydrogens is 274 g/mol. The Balaban J connectivity index is 1.84. The number of rotatable bonds is 6. The first-order valence-corrected chi connectivity index (χ1v) is 6.84. The first kappa shape index (κ1) is 14.5. The molecule has 2 aromatic rings. The van der Waals surface area contributed by atoms with Gasteiger partial charge in [-0.05, 0) is 36.8 Å². The highest BCUT2D eigenvalue weighted by molar-refractivity contribution is 6.33. The minimum Gasteiger partial charge on any atom is -0.493 e. The largest absolute Gasteiger partial charge is 0.493 e. The number of methoxy groups -OCH3 is 1. The molecule has 0 saturated heterocycles. The molecule has 0 aliphatic carbocycles. The molecule has 0 atom stereocenters. The number of hydrogen-bond donors (Lipinski definition) is 1. The highest BCUT2D eigenvalue weighted by Gasteiger charge is 2.03. The summed E-state index contributed by atoms with van der Waals surface area (Å²) in [5.74, 6) is 1.48. The van der Waals surface area contributed by atoms with Crippen molar-refractivity contribution in [1.29, 1.82) is 0 Å². The van der Waals surface area contributed by atoms with E-state index in [1.807, 2.05) is 49.4 Å². The molecule has 1 N–H and O–H groups in total. The van der Waals surface area contributed by atoms with E-state index in [0.717, 1.165) is 27.8 Å². The summed E-state index contributed by atoms with van der Waals surface area (Å²) in [4.78, 5) is 0. The van der Waals surface area contributed by atoms with Crippen LogP contribution in [-0.4, -0.2) is 20.3 Å². The van der Waals surface area contributed by atoms with Gasteiger partial charge >= 0.3 is 0 Å². The molecule has 3 nitrogen and oxygen atoms in total. The van der Waals surface area contributed by atoms with Crippen molar-refractivity contribution in [1.82, 2.24) is 0 Å². The Morgan fingerprint density at radius 3 is 2.55 bits per heavy atom. The maximum Gasteiger partial charge on any atom is 0.161 e. The summed E-state index contributed by atoms with van der Waals surface area (Å²) in [5, 5.41) is 3.97. The molecule has 106 valence electrons. The standard InChI is InChI=1S/C16H18ClNO2/c1-12-7-8-14(13(17)11-12)18-9-10-20-16-6-4-3-5-15(16)19-2/h3-8,11,18H,9-10H2,1-2H3. The van der Waals surface area contributed by atoms with Crippen LogP contribution in [0.3, 0.4) is 0 Å². The summed E-state index contributed by atoms with van der Waals surface area (Å²) in [7, 11) is 1.63. The normalized spacial score (nSPS) is 10.2. The van der Waals surface area contributed by atoms with Gasteiger partial charge in [-0.3, -0.25) is 0 Å². The number of ether oxygens (including phenoxy) is 2. The van der Waals surface area contributed by atoms with Crippen LogP contribution in [-0.2, 0) is 0 Å². The minimum absolute atomic E-state index is 0.532. The quantitative estimate of drug-likeness (QED) is 0.811. The fraction of sp³-hybridized carbons (Fsp3) is 0.250. The molecule has 0 aliphatic heterocycles. The van der Waals surface area contributed by atoms with E-state index in [1.54, 1.807) is 7.11 Å². The zero-order valence-corrected chi connectivity index (χ0v) is 12.4. The molecule has 0 unspecified atom stereocenters. The van der Waals surface area contributed by atoms with Crippen molar-refractivity contribution in [3.8, 4) is 11.5 Å². The van der Waals surface area contributed by atoms with Crippen LogP contribution in [0.5, 0.6) is 11.5 Å². The van der Waals surface area contributed by atoms with E-state index in [1.165, 1.54) is 0 Å². The van der Waals surface area contributed by atoms with Gasteiger partial charge in [-0.1, -0.05) is 29.8 Å². The van der Waals surface area contributed by atoms with Gasteiger partial charge in [-0.2, -0.15) is 0 Å². The second kappa shape index (κ2) is 7.06. The fourth-order valence-electron chi connectivity index (χ4n) is 1.85.